The molecule has 1 fully saturated rings. The zero-order valence-electron chi connectivity index (χ0n) is 14.9. The van der Waals surface area contributed by atoms with E-state index in [1.54, 1.807) is 17.0 Å². The van der Waals surface area contributed by atoms with Gasteiger partial charge in [-0.05, 0) is 44.7 Å². The minimum absolute atomic E-state index is 0.0460. The second kappa shape index (κ2) is 7.99. The Bertz CT molecular complexity index is 744. The van der Waals surface area contributed by atoms with Crippen molar-refractivity contribution in [3.8, 4) is 0 Å². The fraction of sp³-hybridized carbons (Fsp3) is 0.556. The standard InChI is InChI=1S/C18H25NO5S/c1-4-14-9-7-8-12-19(14)17(20)13(2)24-18(21)15-10-5-6-11-16(15)25(3,22)23/h5-6,10-11,13-14H,4,7-9,12H2,1-3H3. The number of likely N-dealkylation sites (tertiary alicyclic amines) is 1. The third-order valence-corrected chi connectivity index (χ3v) is 5.67. The minimum atomic E-state index is -3.56. The predicted octanol–water partition coefficient (Wildman–Crippen LogP) is 2.43. The molecule has 1 aliphatic rings. The van der Waals surface area contributed by atoms with Crippen molar-refractivity contribution < 1.29 is 22.7 Å². The van der Waals surface area contributed by atoms with Crippen LogP contribution < -0.4 is 0 Å². The topological polar surface area (TPSA) is 80.8 Å². The Morgan fingerprint density at radius 1 is 1.28 bits per heavy atom. The zero-order chi connectivity index (χ0) is 18.6. The summed E-state index contributed by atoms with van der Waals surface area (Å²) in [7, 11) is -3.56. The van der Waals surface area contributed by atoms with E-state index in [0.29, 0.717) is 6.54 Å². The fourth-order valence-corrected chi connectivity index (χ4v) is 4.06. The normalized spacial score (nSPS) is 19.3. The summed E-state index contributed by atoms with van der Waals surface area (Å²) in [5.74, 6) is -1.02. The molecular formula is C18H25NO5S. The third-order valence-electron chi connectivity index (χ3n) is 4.52. The summed E-state index contributed by atoms with van der Waals surface area (Å²) in [6.45, 7) is 4.24. The molecule has 0 N–H and O–H groups in total. The van der Waals surface area contributed by atoms with Gasteiger partial charge in [-0.1, -0.05) is 19.1 Å². The van der Waals surface area contributed by atoms with Crippen molar-refractivity contribution in [1.82, 2.24) is 4.90 Å². The summed E-state index contributed by atoms with van der Waals surface area (Å²) < 4.78 is 28.9. The molecule has 1 saturated heterocycles. The van der Waals surface area contributed by atoms with Crippen LogP contribution in [0.3, 0.4) is 0 Å². The second-order valence-electron chi connectivity index (χ2n) is 6.41. The van der Waals surface area contributed by atoms with Crippen molar-refractivity contribution in [3.05, 3.63) is 29.8 Å². The molecule has 0 aliphatic carbocycles. The number of carbonyl (C=O) groups is 2. The quantitative estimate of drug-likeness (QED) is 0.747. The molecule has 7 heteroatoms. The molecule has 0 spiro atoms. The molecule has 0 bridgehead atoms. The monoisotopic (exact) mass is 367 g/mol. The number of hydrogen-bond donors (Lipinski definition) is 0. The summed E-state index contributed by atoms with van der Waals surface area (Å²) in [6.07, 6.45) is 3.95. The van der Waals surface area contributed by atoms with Crippen LogP contribution in [0.25, 0.3) is 0 Å². The molecule has 6 nitrogen and oxygen atoms in total. The van der Waals surface area contributed by atoms with E-state index in [1.807, 2.05) is 6.92 Å². The highest BCUT2D eigenvalue weighted by molar-refractivity contribution is 7.90. The Balaban J connectivity index is 2.14. The highest BCUT2D eigenvalue weighted by atomic mass is 32.2. The summed E-state index contributed by atoms with van der Waals surface area (Å²) >= 11 is 0. The lowest BCUT2D eigenvalue weighted by Gasteiger charge is -2.36. The number of hydrogen-bond acceptors (Lipinski definition) is 5. The van der Waals surface area contributed by atoms with Crippen LogP contribution in [0, 0.1) is 0 Å². The summed E-state index contributed by atoms with van der Waals surface area (Å²) in [4.78, 5) is 26.7. The number of nitrogens with zero attached hydrogens (tertiary/aromatic N) is 1. The number of carbonyl (C=O) groups excluding carboxylic acids is 2. The third kappa shape index (κ3) is 4.60. The van der Waals surface area contributed by atoms with Gasteiger partial charge >= 0.3 is 5.97 Å². The molecule has 2 atom stereocenters. The summed E-state index contributed by atoms with van der Waals surface area (Å²) in [5, 5.41) is 0. The smallest absolute Gasteiger partial charge is 0.340 e. The maximum absolute atomic E-state index is 12.6. The van der Waals surface area contributed by atoms with E-state index >= 15 is 0 Å². The van der Waals surface area contributed by atoms with Crippen molar-refractivity contribution in [2.45, 2.75) is 56.6 Å². The molecule has 0 radical (unpaired) electrons. The minimum Gasteiger partial charge on any atom is -0.449 e. The maximum atomic E-state index is 12.6. The van der Waals surface area contributed by atoms with E-state index in [0.717, 1.165) is 31.9 Å². The zero-order valence-corrected chi connectivity index (χ0v) is 15.7. The molecule has 2 unspecified atom stereocenters. The van der Waals surface area contributed by atoms with Crippen LogP contribution in [0.2, 0.25) is 0 Å². The maximum Gasteiger partial charge on any atom is 0.340 e. The molecule has 0 aromatic heterocycles. The van der Waals surface area contributed by atoms with E-state index < -0.39 is 21.9 Å². The van der Waals surface area contributed by atoms with Gasteiger partial charge in [-0.2, -0.15) is 0 Å². The SMILES string of the molecule is CCC1CCCCN1C(=O)C(C)OC(=O)c1ccccc1S(C)(=O)=O. The van der Waals surface area contributed by atoms with Crippen LogP contribution in [0.1, 0.15) is 49.9 Å². The lowest BCUT2D eigenvalue weighted by Crippen LogP contribution is -2.48. The van der Waals surface area contributed by atoms with Crippen LogP contribution >= 0.6 is 0 Å². The van der Waals surface area contributed by atoms with Crippen molar-refractivity contribution >= 4 is 21.7 Å². The number of sulfone groups is 1. The second-order valence-corrected chi connectivity index (χ2v) is 8.39. The first-order valence-electron chi connectivity index (χ1n) is 8.56. The van der Waals surface area contributed by atoms with Crippen LogP contribution in [0.4, 0.5) is 0 Å². The molecular weight excluding hydrogens is 342 g/mol. The van der Waals surface area contributed by atoms with E-state index in [2.05, 4.69) is 0 Å². The highest BCUT2D eigenvalue weighted by Gasteiger charge is 2.31. The number of amides is 1. The Morgan fingerprint density at radius 3 is 2.60 bits per heavy atom. The van der Waals surface area contributed by atoms with Gasteiger partial charge in [0.15, 0.2) is 15.9 Å². The van der Waals surface area contributed by atoms with Crippen molar-refractivity contribution in [3.63, 3.8) is 0 Å². The van der Waals surface area contributed by atoms with Gasteiger partial charge in [-0.15, -0.1) is 0 Å². The number of ether oxygens (including phenoxy) is 1. The highest BCUT2D eigenvalue weighted by Crippen LogP contribution is 2.22. The molecule has 138 valence electrons. The average Bonchev–Trinajstić information content (AvgIpc) is 2.60. The number of rotatable bonds is 5. The number of esters is 1. The molecule has 25 heavy (non-hydrogen) atoms. The van der Waals surface area contributed by atoms with E-state index in [4.69, 9.17) is 4.74 Å². The lowest BCUT2D eigenvalue weighted by molar-refractivity contribution is -0.143. The van der Waals surface area contributed by atoms with E-state index in [9.17, 15) is 18.0 Å². The largest absolute Gasteiger partial charge is 0.449 e. The van der Waals surface area contributed by atoms with Crippen LogP contribution in [0.15, 0.2) is 29.2 Å². The van der Waals surface area contributed by atoms with Crippen molar-refractivity contribution in [2.75, 3.05) is 12.8 Å². The van der Waals surface area contributed by atoms with Gasteiger partial charge < -0.3 is 9.64 Å². The molecule has 1 aromatic carbocycles. The van der Waals surface area contributed by atoms with Crippen LogP contribution in [0.5, 0.6) is 0 Å². The summed E-state index contributed by atoms with van der Waals surface area (Å²) in [5.41, 5.74) is -0.0460. The Morgan fingerprint density at radius 2 is 1.96 bits per heavy atom. The molecule has 1 heterocycles. The van der Waals surface area contributed by atoms with Gasteiger partial charge in [0.05, 0.1) is 10.5 Å². The van der Waals surface area contributed by atoms with Gasteiger partial charge in [-0.25, -0.2) is 13.2 Å². The fourth-order valence-electron chi connectivity index (χ4n) is 3.18. The van der Waals surface area contributed by atoms with Gasteiger partial charge in [-0.3, -0.25) is 4.79 Å². The molecule has 0 saturated carbocycles. The van der Waals surface area contributed by atoms with Crippen molar-refractivity contribution in [1.29, 1.82) is 0 Å². The molecule has 2 rings (SSSR count). The van der Waals surface area contributed by atoms with E-state index in [1.165, 1.54) is 19.1 Å². The van der Waals surface area contributed by atoms with Gasteiger partial charge in [0.1, 0.15) is 0 Å². The Kier molecular flexibility index (Phi) is 6.21. The van der Waals surface area contributed by atoms with E-state index in [-0.39, 0.29) is 22.4 Å². The first kappa shape index (κ1) is 19.4. The van der Waals surface area contributed by atoms with Gasteiger partial charge in [0.2, 0.25) is 0 Å². The molecule has 1 amide bonds. The molecule has 1 aromatic rings. The van der Waals surface area contributed by atoms with Crippen LogP contribution in [-0.2, 0) is 19.4 Å². The van der Waals surface area contributed by atoms with Gasteiger partial charge in [0.25, 0.3) is 5.91 Å². The first-order valence-corrected chi connectivity index (χ1v) is 10.5. The lowest BCUT2D eigenvalue weighted by atomic mass is 9.99. The summed E-state index contributed by atoms with van der Waals surface area (Å²) in [6, 6.07) is 6.03. The number of benzene rings is 1. The van der Waals surface area contributed by atoms with Crippen molar-refractivity contribution in [2.24, 2.45) is 0 Å². The Labute approximate surface area is 149 Å². The predicted molar refractivity (Wildman–Crippen MR) is 94.1 cm³/mol. The first-order chi connectivity index (χ1) is 11.8. The van der Waals surface area contributed by atoms with Gasteiger partial charge in [0, 0.05) is 18.8 Å². The Hall–Kier alpha value is -1.89. The number of piperidine rings is 1. The van der Waals surface area contributed by atoms with Crippen LogP contribution in [-0.4, -0.2) is 50.1 Å². The average molecular weight is 367 g/mol. The molecule has 1 aliphatic heterocycles.